The predicted octanol–water partition coefficient (Wildman–Crippen LogP) is 3.78. The van der Waals surface area contributed by atoms with Crippen molar-refractivity contribution < 1.29 is 93.4 Å². The topological polar surface area (TPSA) is 109 Å². The van der Waals surface area contributed by atoms with Crippen molar-refractivity contribution in [1.29, 1.82) is 0 Å². The molecule has 0 saturated carbocycles. The number of carbonyl (C=O) groups is 1. The van der Waals surface area contributed by atoms with Gasteiger partial charge >= 0.3 is 52.2 Å². The molecule has 0 spiro atoms. The fourth-order valence-electron chi connectivity index (χ4n) is 2.06. The van der Waals surface area contributed by atoms with Crippen molar-refractivity contribution >= 4 is 16.4 Å². The first-order chi connectivity index (χ1) is 17.4. The summed E-state index contributed by atoms with van der Waals surface area (Å²) < 4.78 is 215. The lowest BCUT2D eigenvalue weighted by atomic mass is 9.93. The molecule has 0 aliphatic rings. The van der Waals surface area contributed by atoms with E-state index in [1.165, 1.54) is 7.11 Å². The summed E-state index contributed by atoms with van der Waals surface area (Å²) in [6, 6.07) is 0. The van der Waals surface area contributed by atoms with Crippen molar-refractivity contribution in [1.82, 2.24) is 4.72 Å². The van der Waals surface area contributed by atoms with Crippen LogP contribution in [0.15, 0.2) is 0 Å². The summed E-state index contributed by atoms with van der Waals surface area (Å²) >= 11 is 0. The van der Waals surface area contributed by atoms with Crippen LogP contribution >= 0.6 is 0 Å². The van der Waals surface area contributed by atoms with Crippen molar-refractivity contribution in [3.05, 3.63) is 0 Å². The van der Waals surface area contributed by atoms with Gasteiger partial charge < -0.3 is 18.9 Å². The average Bonchev–Trinajstić information content (AvgIpc) is 2.76. The first-order valence-corrected chi connectivity index (χ1v) is 11.3. The van der Waals surface area contributed by atoms with Crippen LogP contribution in [-0.2, 0) is 33.4 Å². The number of hydrogen-bond acceptors (Lipinski definition) is 8. The summed E-state index contributed by atoms with van der Waals surface area (Å²) in [5.74, 6) is -38.2. The van der Waals surface area contributed by atoms with Gasteiger partial charge in [-0.2, -0.15) is 70.2 Å². The van der Waals surface area contributed by atoms with Crippen molar-refractivity contribution in [2.24, 2.45) is 0 Å². The molecule has 0 aromatic heterocycles. The molecule has 1 N–H and O–H groups in total. The van der Waals surface area contributed by atoms with E-state index >= 15 is 0 Å². The molecule has 1 amide bonds. The highest BCUT2D eigenvalue weighted by molar-refractivity contribution is 7.85. The lowest BCUT2D eigenvalue weighted by Gasteiger charge is -2.39. The predicted molar refractivity (Wildman–Crippen MR) is 98.3 cm³/mol. The van der Waals surface area contributed by atoms with Gasteiger partial charge in [-0.15, -0.1) is 0 Å². The second kappa shape index (κ2) is 13.7. The molecular weight excluding hydrogens is 613 g/mol. The third-order valence-corrected chi connectivity index (χ3v) is 5.02. The monoisotopic (exact) mass is 633 g/mol. The normalized spacial score (nSPS) is 14.4. The molecule has 0 aromatic carbocycles. The van der Waals surface area contributed by atoms with Crippen LogP contribution in [0, 0.1) is 0 Å². The molecule has 39 heavy (non-hydrogen) atoms. The van der Waals surface area contributed by atoms with Crippen LogP contribution in [0.25, 0.3) is 0 Å². The molecule has 0 unspecified atom stereocenters. The van der Waals surface area contributed by atoms with Crippen LogP contribution < -0.4 is 4.72 Å². The number of methoxy groups -OCH3 is 1. The van der Waals surface area contributed by atoms with Crippen LogP contribution in [-0.4, -0.2) is 104 Å². The smallest absolute Gasteiger partial charge is 0.446 e. The molecule has 0 aliphatic heterocycles. The Labute approximate surface area is 211 Å². The van der Waals surface area contributed by atoms with Crippen LogP contribution in [0.5, 0.6) is 0 Å². The maximum absolute atomic E-state index is 13.6. The van der Waals surface area contributed by atoms with Crippen molar-refractivity contribution in [2.75, 3.05) is 53.4 Å². The fraction of sp³-hybridized carbons (Fsp3) is 0.938. The Balaban J connectivity index is 4.96. The highest BCUT2D eigenvalue weighted by Crippen LogP contribution is 2.60. The molecule has 234 valence electrons. The number of ether oxygens (including phenoxy) is 4. The molecule has 23 heteroatoms. The van der Waals surface area contributed by atoms with Gasteiger partial charge in [-0.05, 0) is 0 Å². The Morgan fingerprint density at radius 3 is 1.54 bits per heavy atom. The molecule has 0 aliphatic carbocycles. The SMILES string of the molecule is COCCOCCOCCOC(=O)NS(=O)(=O)OCCC(F)(F)C(F)(F)C(F)(F)C(F)(F)C(F)(F)C(F)(F)F. The number of halogens is 13. The number of rotatable bonds is 18. The number of amides is 1. The largest absolute Gasteiger partial charge is 0.460 e. The lowest BCUT2D eigenvalue weighted by Crippen LogP contribution is -2.70. The van der Waals surface area contributed by atoms with E-state index in [4.69, 9.17) is 9.47 Å². The van der Waals surface area contributed by atoms with Crippen LogP contribution in [0.3, 0.4) is 0 Å². The fourth-order valence-corrected chi connectivity index (χ4v) is 2.68. The maximum Gasteiger partial charge on any atom is 0.460 e. The molecule has 0 saturated heterocycles. The van der Waals surface area contributed by atoms with Crippen LogP contribution in [0.1, 0.15) is 6.42 Å². The Kier molecular flexibility index (Phi) is 13.0. The second-order valence-corrected chi connectivity index (χ2v) is 8.33. The van der Waals surface area contributed by atoms with Crippen molar-refractivity contribution in [2.45, 2.75) is 42.2 Å². The van der Waals surface area contributed by atoms with E-state index in [0.29, 0.717) is 6.61 Å². The number of carbonyl (C=O) groups excluding carboxylic acids is 1. The molecule has 0 aromatic rings. The van der Waals surface area contributed by atoms with E-state index in [1.54, 1.807) is 0 Å². The molecule has 0 radical (unpaired) electrons. The minimum atomic E-state index is -8.09. The van der Waals surface area contributed by atoms with Gasteiger partial charge in [-0.25, -0.2) is 4.79 Å². The first-order valence-electron chi connectivity index (χ1n) is 9.85. The van der Waals surface area contributed by atoms with E-state index in [-0.39, 0.29) is 26.4 Å². The Hall–Kier alpha value is -1.85. The van der Waals surface area contributed by atoms with E-state index in [2.05, 4.69) is 13.7 Å². The Morgan fingerprint density at radius 1 is 0.641 bits per heavy atom. The summed E-state index contributed by atoms with van der Waals surface area (Å²) in [6.07, 6.45) is -12.4. The molecule has 0 heterocycles. The average molecular weight is 633 g/mol. The maximum atomic E-state index is 13.6. The minimum Gasteiger partial charge on any atom is -0.446 e. The van der Waals surface area contributed by atoms with Gasteiger partial charge in [0.1, 0.15) is 6.61 Å². The van der Waals surface area contributed by atoms with E-state index in [0.717, 1.165) is 4.72 Å². The molecule has 0 bridgehead atoms. The minimum absolute atomic E-state index is 0.00618. The Bertz CT molecular complexity index is 884. The lowest BCUT2D eigenvalue weighted by molar-refractivity contribution is -0.440. The standard InChI is InChI=1S/C16H20F13NO8S/c1-34-4-5-35-6-7-36-8-9-37-10(31)30-39(32,33)38-3-2-11(17,18)12(19,20)13(21,22)14(23,24)15(25,26)16(27,28)29/h2-9H2,1H3,(H,30,31). The summed E-state index contributed by atoms with van der Waals surface area (Å²) in [7, 11) is -4.07. The molecular formula is C16H20F13NO8S. The van der Waals surface area contributed by atoms with Gasteiger partial charge in [-0.3, -0.25) is 4.18 Å². The van der Waals surface area contributed by atoms with E-state index in [9.17, 15) is 70.3 Å². The molecule has 0 fully saturated rings. The van der Waals surface area contributed by atoms with Crippen molar-refractivity contribution in [3.8, 4) is 0 Å². The number of alkyl halides is 13. The molecule has 9 nitrogen and oxygen atoms in total. The van der Waals surface area contributed by atoms with Gasteiger partial charge in [-0.1, -0.05) is 0 Å². The molecule has 0 rings (SSSR count). The van der Waals surface area contributed by atoms with Gasteiger partial charge in [0.2, 0.25) is 0 Å². The molecule has 0 atom stereocenters. The Morgan fingerprint density at radius 2 is 1.08 bits per heavy atom. The quantitative estimate of drug-likeness (QED) is 0.180. The third kappa shape index (κ3) is 9.35. The van der Waals surface area contributed by atoms with Crippen LogP contribution in [0.4, 0.5) is 61.9 Å². The van der Waals surface area contributed by atoms with Crippen molar-refractivity contribution in [3.63, 3.8) is 0 Å². The van der Waals surface area contributed by atoms with Gasteiger partial charge in [0.15, 0.2) is 0 Å². The summed E-state index contributed by atoms with van der Waals surface area (Å²) in [4.78, 5) is 11.3. The summed E-state index contributed by atoms with van der Waals surface area (Å²) in [6.45, 7) is -2.60. The third-order valence-electron chi connectivity index (χ3n) is 4.13. The first kappa shape index (κ1) is 37.1. The zero-order valence-electron chi connectivity index (χ0n) is 19.2. The van der Waals surface area contributed by atoms with Crippen LogP contribution in [0.2, 0.25) is 0 Å². The highest BCUT2D eigenvalue weighted by Gasteiger charge is 2.90. The zero-order valence-corrected chi connectivity index (χ0v) is 20.1. The summed E-state index contributed by atoms with van der Waals surface area (Å²) in [5, 5.41) is 0. The second-order valence-electron chi connectivity index (χ2n) is 6.98. The highest BCUT2D eigenvalue weighted by atomic mass is 32.2. The summed E-state index contributed by atoms with van der Waals surface area (Å²) in [5.41, 5.74) is 0. The zero-order chi connectivity index (χ0) is 31.0. The van der Waals surface area contributed by atoms with Gasteiger partial charge in [0, 0.05) is 13.5 Å². The van der Waals surface area contributed by atoms with E-state index < -0.39 is 71.8 Å². The number of nitrogens with one attached hydrogen (secondary N) is 1. The van der Waals surface area contributed by atoms with Gasteiger partial charge in [0.25, 0.3) is 0 Å². The van der Waals surface area contributed by atoms with Gasteiger partial charge in [0.05, 0.1) is 39.6 Å². The number of hydrogen-bond donors (Lipinski definition) is 1. The van der Waals surface area contributed by atoms with E-state index in [1.807, 2.05) is 0 Å².